The third kappa shape index (κ3) is 3.59. The molecule has 0 atom stereocenters. The molecule has 1 aliphatic rings. The number of aromatic nitrogens is 2. The fourth-order valence-corrected chi connectivity index (χ4v) is 2.49. The molecule has 1 aromatic carbocycles. The van der Waals surface area contributed by atoms with E-state index in [2.05, 4.69) is 10.1 Å². The lowest BCUT2D eigenvalue weighted by Crippen LogP contribution is -2.44. The van der Waals surface area contributed by atoms with Crippen LogP contribution in [-0.4, -0.2) is 16.2 Å². The van der Waals surface area contributed by atoms with Gasteiger partial charge in [-0.15, -0.1) is 12.4 Å². The lowest BCUT2D eigenvalue weighted by atomic mass is 9.77. The predicted molar refractivity (Wildman–Crippen MR) is 86.3 cm³/mol. The molecule has 1 aromatic heterocycles. The first kappa shape index (κ1) is 16.8. The zero-order valence-corrected chi connectivity index (χ0v) is 13.7. The number of nitrogens with zero attached hydrogens (tertiary/aromatic N) is 2. The third-order valence-corrected chi connectivity index (χ3v) is 3.78. The van der Waals surface area contributed by atoms with E-state index < -0.39 is 0 Å². The van der Waals surface area contributed by atoms with Crippen LogP contribution in [0, 0.1) is 0 Å². The lowest BCUT2D eigenvalue weighted by Gasteiger charge is -2.34. The number of hydrogen-bond donors (Lipinski definition) is 1. The molecule has 1 heterocycles. The number of hydrogen-bond acceptors (Lipinski definition) is 5. The first-order valence-corrected chi connectivity index (χ1v) is 7.43. The summed E-state index contributed by atoms with van der Waals surface area (Å²) in [6.45, 7) is 4.02. The van der Waals surface area contributed by atoms with E-state index in [0.717, 1.165) is 30.6 Å². The zero-order valence-electron chi connectivity index (χ0n) is 12.9. The largest absolute Gasteiger partial charge is 0.491 e. The summed E-state index contributed by atoms with van der Waals surface area (Å²) in [6, 6.07) is 7.96. The van der Waals surface area contributed by atoms with E-state index >= 15 is 0 Å². The summed E-state index contributed by atoms with van der Waals surface area (Å²) in [6.07, 6.45) is 3.76. The van der Waals surface area contributed by atoms with Crippen LogP contribution in [0.3, 0.4) is 0 Å². The molecule has 3 rings (SSSR count). The molecule has 0 radical (unpaired) electrons. The van der Waals surface area contributed by atoms with Crippen molar-refractivity contribution in [1.29, 1.82) is 0 Å². The minimum atomic E-state index is -0.371. The van der Waals surface area contributed by atoms with Crippen molar-refractivity contribution in [2.75, 3.05) is 0 Å². The van der Waals surface area contributed by atoms with Crippen molar-refractivity contribution in [3.8, 4) is 5.75 Å². The quantitative estimate of drug-likeness (QED) is 0.914. The van der Waals surface area contributed by atoms with E-state index in [0.29, 0.717) is 18.1 Å². The van der Waals surface area contributed by atoms with Crippen molar-refractivity contribution in [1.82, 2.24) is 10.1 Å². The molecule has 1 aliphatic carbocycles. The van der Waals surface area contributed by atoms with Crippen LogP contribution in [-0.2, 0) is 12.0 Å². The van der Waals surface area contributed by atoms with Gasteiger partial charge in [0.05, 0.1) is 18.1 Å². The van der Waals surface area contributed by atoms with Crippen molar-refractivity contribution >= 4 is 12.4 Å². The second-order valence-electron chi connectivity index (χ2n) is 6.01. The highest BCUT2D eigenvalue weighted by Gasteiger charge is 2.38. The van der Waals surface area contributed by atoms with Crippen LogP contribution in [0.5, 0.6) is 5.75 Å². The van der Waals surface area contributed by atoms with Crippen LogP contribution in [0.15, 0.2) is 28.8 Å². The van der Waals surface area contributed by atoms with Crippen molar-refractivity contribution in [3.63, 3.8) is 0 Å². The van der Waals surface area contributed by atoms with Crippen LogP contribution in [0.1, 0.15) is 50.4 Å². The van der Waals surface area contributed by atoms with Crippen LogP contribution in [0.4, 0.5) is 0 Å². The predicted octanol–water partition coefficient (Wildman–Crippen LogP) is 3.21. The van der Waals surface area contributed by atoms with Gasteiger partial charge in [-0.25, -0.2) is 0 Å². The Labute approximate surface area is 136 Å². The molecule has 1 fully saturated rings. The average Bonchev–Trinajstić information content (AvgIpc) is 2.84. The highest BCUT2D eigenvalue weighted by molar-refractivity contribution is 5.85. The van der Waals surface area contributed by atoms with Crippen molar-refractivity contribution < 1.29 is 9.26 Å². The van der Waals surface area contributed by atoms with Gasteiger partial charge in [-0.1, -0.05) is 17.3 Å². The molecule has 0 unspecified atom stereocenters. The summed E-state index contributed by atoms with van der Waals surface area (Å²) >= 11 is 0. The highest BCUT2D eigenvalue weighted by atomic mass is 35.5. The summed E-state index contributed by atoms with van der Waals surface area (Å²) in [5.41, 5.74) is 6.92. The molecule has 22 heavy (non-hydrogen) atoms. The van der Waals surface area contributed by atoms with Crippen LogP contribution < -0.4 is 10.5 Å². The molecule has 2 N–H and O–H groups in total. The first-order valence-electron chi connectivity index (χ1n) is 7.43. The Morgan fingerprint density at radius 3 is 2.77 bits per heavy atom. The van der Waals surface area contributed by atoms with Crippen molar-refractivity contribution in [3.05, 3.63) is 41.5 Å². The Morgan fingerprint density at radius 1 is 1.36 bits per heavy atom. The Hall–Kier alpha value is -1.59. The van der Waals surface area contributed by atoms with Gasteiger partial charge in [0, 0.05) is 0 Å². The second-order valence-corrected chi connectivity index (χ2v) is 6.01. The van der Waals surface area contributed by atoms with Gasteiger partial charge in [0.1, 0.15) is 5.75 Å². The summed E-state index contributed by atoms with van der Waals surface area (Å²) in [7, 11) is 0. The average molecular weight is 324 g/mol. The molecule has 6 heteroatoms. The Morgan fingerprint density at radius 2 is 2.14 bits per heavy atom. The third-order valence-electron chi connectivity index (χ3n) is 3.78. The molecular formula is C16H22ClN3O2. The van der Waals surface area contributed by atoms with E-state index in [1.165, 1.54) is 0 Å². The van der Waals surface area contributed by atoms with Crippen molar-refractivity contribution in [2.45, 2.75) is 51.2 Å². The summed E-state index contributed by atoms with van der Waals surface area (Å²) in [4.78, 5) is 4.45. The number of rotatable bonds is 5. The number of nitrogens with two attached hydrogens (primary N) is 1. The van der Waals surface area contributed by atoms with Crippen LogP contribution >= 0.6 is 12.4 Å². The molecule has 2 aromatic rings. The molecule has 0 bridgehead atoms. The standard InChI is InChI=1S/C16H21N3O2.ClH/c1-11(2)20-13-6-3-5-12(9-13)10-14-18-15(19-21-14)16(17)7-4-8-16;/h3,5-6,9,11H,4,7-8,10,17H2,1-2H3;1H. The second kappa shape index (κ2) is 6.67. The SMILES string of the molecule is CC(C)Oc1cccc(Cc2nc(C3(N)CCC3)no2)c1.Cl. The van der Waals surface area contributed by atoms with Crippen LogP contribution in [0.25, 0.3) is 0 Å². The molecule has 1 saturated carbocycles. The number of benzene rings is 1. The minimum absolute atomic E-state index is 0. The maximum absolute atomic E-state index is 6.20. The maximum Gasteiger partial charge on any atom is 0.231 e. The fraction of sp³-hybridized carbons (Fsp3) is 0.500. The lowest BCUT2D eigenvalue weighted by molar-refractivity contribution is 0.229. The van der Waals surface area contributed by atoms with Gasteiger partial charge >= 0.3 is 0 Å². The zero-order chi connectivity index (χ0) is 14.9. The molecule has 5 nitrogen and oxygen atoms in total. The normalized spacial score (nSPS) is 16.0. The highest BCUT2D eigenvalue weighted by Crippen LogP contribution is 2.36. The molecular weight excluding hydrogens is 302 g/mol. The van der Waals surface area contributed by atoms with Gasteiger partial charge in [-0.05, 0) is 50.8 Å². The van der Waals surface area contributed by atoms with Gasteiger partial charge in [-0.3, -0.25) is 0 Å². The monoisotopic (exact) mass is 323 g/mol. The van der Waals surface area contributed by atoms with Gasteiger partial charge in [0.25, 0.3) is 0 Å². The summed E-state index contributed by atoms with van der Waals surface area (Å²) in [5, 5.41) is 4.03. The Balaban J connectivity index is 0.00000176. The summed E-state index contributed by atoms with van der Waals surface area (Å²) < 4.78 is 11.0. The van der Waals surface area contributed by atoms with E-state index in [-0.39, 0.29) is 24.0 Å². The number of halogens is 1. The fourth-order valence-electron chi connectivity index (χ4n) is 2.49. The smallest absolute Gasteiger partial charge is 0.231 e. The van der Waals surface area contributed by atoms with Crippen LogP contribution in [0.2, 0.25) is 0 Å². The molecule has 0 spiro atoms. The minimum Gasteiger partial charge on any atom is -0.491 e. The molecule has 0 saturated heterocycles. The topological polar surface area (TPSA) is 74.2 Å². The van der Waals surface area contributed by atoms with E-state index in [1.54, 1.807) is 0 Å². The molecule has 0 amide bonds. The van der Waals surface area contributed by atoms with E-state index in [9.17, 15) is 0 Å². The van der Waals surface area contributed by atoms with Gasteiger partial charge < -0.3 is 15.0 Å². The number of ether oxygens (including phenoxy) is 1. The Bertz CT molecular complexity index is 623. The molecule has 120 valence electrons. The maximum atomic E-state index is 6.20. The first-order chi connectivity index (χ1) is 10.0. The molecule has 0 aliphatic heterocycles. The van der Waals surface area contributed by atoms with Gasteiger partial charge in [-0.2, -0.15) is 4.98 Å². The van der Waals surface area contributed by atoms with E-state index in [4.69, 9.17) is 15.0 Å². The van der Waals surface area contributed by atoms with E-state index in [1.807, 2.05) is 38.1 Å². The Kier molecular flexibility index (Phi) is 5.08. The van der Waals surface area contributed by atoms with Crippen molar-refractivity contribution in [2.24, 2.45) is 5.73 Å². The van der Waals surface area contributed by atoms with Gasteiger partial charge in [0.15, 0.2) is 5.82 Å². The van der Waals surface area contributed by atoms with Gasteiger partial charge in [0.2, 0.25) is 5.89 Å². The summed E-state index contributed by atoms with van der Waals surface area (Å²) in [5.74, 6) is 2.10.